The monoisotopic (exact) mass is 628 g/mol. The second-order valence-electron chi connectivity index (χ2n) is 12.0. The highest BCUT2D eigenvalue weighted by Gasteiger charge is 2.31. The number of aromatic hydroxyl groups is 1. The van der Waals surface area contributed by atoms with Crippen molar-refractivity contribution < 1.29 is 24.9 Å². The number of nitrogens with zero attached hydrogens (tertiary/aromatic N) is 1. The largest absolute Gasteiger partial charge is 0.506 e. The van der Waals surface area contributed by atoms with Gasteiger partial charge in [0.05, 0.1) is 23.9 Å². The molecular weight excluding hydrogens is 584 g/mol. The van der Waals surface area contributed by atoms with E-state index in [9.17, 15) is 24.9 Å². The Balaban J connectivity index is 1.10. The number of fused-ring (bicyclic) bond motifs is 1. The summed E-state index contributed by atoms with van der Waals surface area (Å²) in [5.41, 5.74) is 9.22. The van der Waals surface area contributed by atoms with Crippen molar-refractivity contribution in [1.29, 1.82) is 0 Å². The number of rotatable bonds is 14. The van der Waals surface area contributed by atoms with Crippen molar-refractivity contribution >= 4 is 22.7 Å². The molecule has 10 nitrogen and oxygen atoms in total. The third kappa shape index (κ3) is 8.25. The van der Waals surface area contributed by atoms with Crippen LogP contribution in [0.3, 0.4) is 0 Å². The molecule has 1 aliphatic carbocycles. The fourth-order valence-electron chi connectivity index (χ4n) is 6.27. The number of amides is 1. The van der Waals surface area contributed by atoms with E-state index in [0.717, 1.165) is 69.0 Å². The molecule has 1 aromatic heterocycles. The van der Waals surface area contributed by atoms with Gasteiger partial charge in [0.1, 0.15) is 11.5 Å². The predicted octanol–water partition coefficient (Wildman–Crippen LogP) is 5.92. The number of carboxylic acid groups (broad SMARTS) is 1. The van der Waals surface area contributed by atoms with Gasteiger partial charge in [0.25, 0.3) is 0 Å². The number of benzene rings is 3. The van der Waals surface area contributed by atoms with Gasteiger partial charge in [0, 0.05) is 41.7 Å². The Morgan fingerprint density at radius 3 is 2.50 bits per heavy atom. The second-order valence-corrected chi connectivity index (χ2v) is 12.0. The number of phenols is 1. The minimum absolute atomic E-state index is 0.0301. The van der Waals surface area contributed by atoms with E-state index < -0.39 is 12.2 Å². The minimum atomic E-state index is -0.969. The summed E-state index contributed by atoms with van der Waals surface area (Å²) < 4.78 is 6.10. The fourth-order valence-corrected chi connectivity index (χ4v) is 6.27. The van der Waals surface area contributed by atoms with E-state index in [1.165, 1.54) is 17.0 Å². The summed E-state index contributed by atoms with van der Waals surface area (Å²) in [6.07, 6.45) is 5.08. The van der Waals surface area contributed by atoms with Crippen LogP contribution in [0.5, 0.6) is 11.5 Å². The average molecular weight is 629 g/mol. The van der Waals surface area contributed by atoms with Gasteiger partial charge in [-0.25, -0.2) is 4.79 Å². The SMILES string of the molecule is NC1CCC(N(C(=O)O)c2cc(OCCCCCCNC[C@@H](O)c3ccc(O)c4[nH]c(=O)ccc34)ccc2-c2ccccc2)CC1. The van der Waals surface area contributed by atoms with Gasteiger partial charge in [-0.05, 0) is 80.5 Å². The van der Waals surface area contributed by atoms with Gasteiger partial charge < -0.3 is 36.1 Å². The molecule has 7 N–H and O–H groups in total. The highest BCUT2D eigenvalue weighted by atomic mass is 16.5. The average Bonchev–Trinajstić information content (AvgIpc) is 3.05. The number of aliphatic hydroxyl groups excluding tert-OH is 1. The lowest BCUT2D eigenvalue weighted by molar-refractivity contribution is 0.176. The van der Waals surface area contributed by atoms with Gasteiger partial charge >= 0.3 is 6.09 Å². The highest BCUT2D eigenvalue weighted by Crippen LogP contribution is 2.38. The number of aromatic amines is 1. The van der Waals surface area contributed by atoms with Crippen molar-refractivity contribution in [1.82, 2.24) is 10.3 Å². The maximum absolute atomic E-state index is 12.6. The third-order valence-corrected chi connectivity index (χ3v) is 8.75. The van der Waals surface area contributed by atoms with Gasteiger partial charge in [-0.3, -0.25) is 9.69 Å². The van der Waals surface area contributed by atoms with E-state index in [4.69, 9.17) is 10.5 Å². The number of pyridine rings is 1. The zero-order valence-corrected chi connectivity index (χ0v) is 26.0. The van der Waals surface area contributed by atoms with Crippen LogP contribution >= 0.6 is 0 Å². The summed E-state index contributed by atoms with van der Waals surface area (Å²) >= 11 is 0. The van der Waals surface area contributed by atoms with E-state index in [1.807, 2.05) is 48.5 Å². The molecule has 4 aromatic rings. The summed E-state index contributed by atoms with van der Waals surface area (Å²) in [6, 6.07) is 21.7. The number of anilines is 1. The van der Waals surface area contributed by atoms with E-state index >= 15 is 0 Å². The van der Waals surface area contributed by atoms with Crippen LogP contribution in [0.4, 0.5) is 10.5 Å². The predicted molar refractivity (Wildman–Crippen MR) is 181 cm³/mol. The normalized spacial score (nSPS) is 17.1. The summed E-state index contributed by atoms with van der Waals surface area (Å²) in [7, 11) is 0. The van der Waals surface area contributed by atoms with Crippen LogP contribution in [0.1, 0.15) is 63.0 Å². The van der Waals surface area contributed by atoms with Crippen molar-refractivity contribution in [3.63, 3.8) is 0 Å². The molecule has 244 valence electrons. The third-order valence-electron chi connectivity index (χ3n) is 8.75. The molecule has 5 rings (SSSR count). The number of unbranched alkanes of at least 4 members (excludes halogenated alkanes) is 3. The van der Waals surface area contributed by atoms with Crippen molar-refractivity contribution in [3.8, 4) is 22.6 Å². The molecule has 1 fully saturated rings. The van der Waals surface area contributed by atoms with Crippen LogP contribution < -0.4 is 26.2 Å². The maximum Gasteiger partial charge on any atom is 0.412 e. The number of H-pyrrole nitrogens is 1. The molecule has 0 bridgehead atoms. The molecule has 1 heterocycles. The number of ether oxygens (including phenoxy) is 1. The molecule has 3 aromatic carbocycles. The van der Waals surface area contributed by atoms with Crippen molar-refractivity contribution in [2.45, 2.75) is 69.6 Å². The molecule has 0 saturated heterocycles. The standard InChI is InChI=1S/C36H44N4O6/c37-25-10-12-26(13-11-25)40(36(44)45)31-22-27(14-15-28(31)24-8-4-3-5-9-24)46-21-7-2-1-6-20-38-23-33(42)29-16-18-32(41)35-30(29)17-19-34(43)39-35/h3-5,8-9,14-19,22,25-26,33,38,41-42H,1-2,6-7,10-13,20-21,23,37H2,(H,39,43)(H,44,45)/t25?,26?,33-/m1/s1. The summed E-state index contributed by atoms with van der Waals surface area (Å²) in [5.74, 6) is 0.618. The zero-order chi connectivity index (χ0) is 32.5. The van der Waals surface area contributed by atoms with Gasteiger partial charge in [0.15, 0.2) is 0 Å². The molecule has 0 spiro atoms. The molecule has 0 radical (unpaired) electrons. The first-order chi connectivity index (χ1) is 22.3. The molecule has 1 aliphatic rings. The quantitative estimate of drug-likeness (QED) is 0.0939. The molecule has 10 heteroatoms. The Bertz CT molecular complexity index is 1650. The summed E-state index contributed by atoms with van der Waals surface area (Å²) in [5, 5.41) is 35.0. The Kier molecular flexibility index (Phi) is 11.3. The molecular formula is C36H44N4O6. The van der Waals surface area contributed by atoms with Crippen molar-refractivity contribution in [2.24, 2.45) is 5.73 Å². The smallest absolute Gasteiger partial charge is 0.412 e. The van der Waals surface area contributed by atoms with Gasteiger partial charge in [-0.1, -0.05) is 49.2 Å². The van der Waals surface area contributed by atoms with E-state index in [2.05, 4.69) is 10.3 Å². The Hall–Kier alpha value is -4.38. The van der Waals surface area contributed by atoms with E-state index in [1.54, 1.807) is 12.1 Å². The fraction of sp³-hybridized carbons (Fsp3) is 0.389. The number of hydrogen-bond acceptors (Lipinski definition) is 7. The number of hydrogen-bond donors (Lipinski definition) is 6. The second kappa shape index (κ2) is 15.8. The van der Waals surface area contributed by atoms with Crippen LogP contribution in [-0.4, -0.2) is 58.2 Å². The Morgan fingerprint density at radius 2 is 1.74 bits per heavy atom. The number of carbonyl (C=O) groups is 1. The molecule has 0 aliphatic heterocycles. The van der Waals surface area contributed by atoms with Gasteiger partial charge in [-0.2, -0.15) is 0 Å². The Labute approximate surface area is 268 Å². The Morgan fingerprint density at radius 1 is 0.978 bits per heavy atom. The number of aliphatic hydroxyl groups is 1. The zero-order valence-electron chi connectivity index (χ0n) is 26.0. The summed E-state index contributed by atoms with van der Waals surface area (Å²) in [6.45, 7) is 1.62. The van der Waals surface area contributed by atoms with Crippen LogP contribution in [0.15, 0.2) is 77.6 Å². The molecule has 1 atom stereocenters. The van der Waals surface area contributed by atoms with Crippen LogP contribution in [0.25, 0.3) is 22.0 Å². The first kappa shape index (κ1) is 33.0. The van der Waals surface area contributed by atoms with Crippen molar-refractivity contribution in [2.75, 3.05) is 24.6 Å². The summed E-state index contributed by atoms with van der Waals surface area (Å²) in [4.78, 5) is 28.4. The minimum Gasteiger partial charge on any atom is -0.506 e. The molecule has 1 amide bonds. The lowest BCUT2D eigenvalue weighted by Crippen LogP contribution is -2.44. The number of nitrogens with one attached hydrogen (secondary N) is 2. The van der Waals surface area contributed by atoms with E-state index in [0.29, 0.717) is 41.1 Å². The first-order valence-electron chi connectivity index (χ1n) is 16.2. The lowest BCUT2D eigenvalue weighted by atomic mass is 9.90. The molecule has 0 unspecified atom stereocenters. The first-order valence-corrected chi connectivity index (χ1v) is 16.2. The van der Waals surface area contributed by atoms with Crippen LogP contribution in [-0.2, 0) is 0 Å². The number of phenolic OH excluding ortho intramolecular Hbond substituents is 1. The number of nitrogens with two attached hydrogens (primary N) is 1. The van der Waals surface area contributed by atoms with Gasteiger partial charge in [-0.15, -0.1) is 0 Å². The molecule has 1 saturated carbocycles. The topological polar surface area (TPSA) is 161 Å². The number of aromatic nitrogens is 1. The van der Waals surface area contributed by atoms with E-state index in [-0.39, 0.29) is 23.4 Å². The van der Waals surface area contributed by atoms with Gasteiger partial charge in [0.2, 0.25) is 5.56 Å². The van der Waals surface area contributed by atoms with Crippen molar-refractivity contribution in [3.05, 3.63) is 88.7 Å². The lowest BCUT2D eigenvalue weighted by Gasteiger charge is -2.35. The highest BCUT2D eigenvalue weighted by molar-refractivity contribution is 5.94. The van der Waals surface area contributed by atoms with Crippen LogP contribution in [0.2, 0.25) is 0 Å². The maximum atomic E-state index is 12.6. The van der Waals surface area contributed by atoms with Crippen LogP contribution in [0, 0.1) is 0 Å². The molecule has 46 heavy (non-hydrogen) atoms.